The molecule has 4 heteroatoms. The number of benzene rings is 1. The average Bonchev–Trinajstić information content (AvgIpc) is 2.26. The average molecular weight is 209 g/mol. The highest BCUT2D eigenvalue weighted by Gasteiger charge is 2.06. The highest BCUT2D eigenvalue weighted by atomic mass is 16.3. The van der Waals surface area contributed by atoms with Gasteiger partial charge >= 0.3 is 0 Å². The molecule has 0 aromatic heterocycles. The Balaban J connectivity index is 2.77. The topological polar surface area (TPSA) is 69.6 Å². The second-order valence-corrected chi connectivity index (χ2v) is 3.34. The van der Waals surface area contributed by atoms with E-state index in [2.05, 4.69) is 5.32 Å². The van der Waals surface area contributed by atoms with Crippen LogP contribution in [0.2, 0.25) is 0 Å². The minimum atomic E-state index is -0.396. The summed E-state index contributed by atoms with van der Waals surface area (Å²) in [6, 6.07) is 6.56. The normalized spacial score (nSPS) is 10.4. The van der Waals surface area contributed by atoms with Gasteiger partial charge in [-0.1, -0.05) is 12.1 Å². The van der Waals surface area contributed by atoms with Crippen molar-refractivity contribution in [2.45, 2.75) is 13.0 Å². The predicted molar refractivity (Wildman–Crippen MR) is 58.0 cm³/mol. The lowest BCUT2D eigenvalue weighted by atomic mass is 10.1. The molecule has 0 spiro atoms. The first-order valence-corrected chi connectivity index (χ1v) is 4.76. The summed E-state index contributed by atoms with van der Waals surface area (Å²) in [5.74, 6) is -0.0109. The van der Waals surface area contributed by atoms with Crippen LogP contribution in [0.15, 0.2) is 24.3 Å². The molecular formula is C11H15NO3. The zero-order valence-electron chi connectivity index (χ0n) is 8.60. The van der Waals surface area contributed by atoms with Gasteiger partial charge in [0.25, 0.3) is 0 Å². The van der Waals surface area contributed by atoms with Crippen molar-refractivity contribution in [3.8, 4) is 0 Å². The number of aliphatic hydroxyl groups excluding tert-OH is 2. The van der Waals surface area contributed by atoms with E-state index in [1.165, 1.54) is 6.92 Å². The molecule has 3 N–H and O–H groups in total. The van der Waals surface area contributed by atoms with Gasteiger partial charge in [-0.05, 0) is 19.1 Å². The smallest absolute Gasteiger partial charge is 0.159 e. The number of anilines is 1. The van der Waals surface area contributed by atoms with Gasteiger partial charge in [0.15, 0.2) is 5.78 Å². The summed E-state index contributed by atoms with van der Waals surface area (Å²) in [6.45, 7) is 1.19. The van der Waals surface area contributed by atoms with Crippen molar-refractivity contribution >= 4 is 11.5 Å². The Kier molecular flexibility index (Phi) is 4.27. The monoisotopic (exact) mass is 209 g/mol. The van der Waals surface area contributed by atoms with Crippen LogP contribution in [0.25, 0.3) is 0 Å². The predicted octanol–water partition coefficient (Wildman–Crippen LogP) is 0.654. The standard InChI is InChI=1S/C11H15NO3/c1-8(15)9-3-2-4-10(5-9)12-11(6-13)7-14/h2-5,11-14H,6-7H2,1H3. The lowest BCUT2D eigenvalue weighted by Gasteiger charge is -2.14. The first-order valence-electron chi connectivity index (χ1n) is 4.76. The highest BCUT2D eigenvalue weighted by molar-refractivity contribution is 5.94. The summed E-state index contributed by atoms with van der Waals surface area (Å²) in [6.07, 6.45) is 0. The molecule has 0 amide bonds. The Hall–Kier alpha value is -1.39. The Bertz CT molecular complexity index is 334. The summed E-state index contributed by atoms with van der Waals surface area (Å²) in [7, 11) is 0. The molecule has 15 heavy (non-hydrogen) atoms. The molecule has 0 fully saturated rings. The van der Waals surface area contributed by atoms with Gasteiger partial charge in [-0.3, -0.25) is 4.79 Å². The third kappa shape index (κ3) is 3.34. The summed E-state index contributed by atoms with van der Waals surface area (Å²) >= 11 is 0. The Morgan fingerprint density at radius 1 is 1.40 bits per heavy atom. The number of Topliss-reactive ketones (excluding diaryl/α,β-unsaturated/α-hetero) is 1. The number of carbonyl (C=O) groups is 1. The molecule has 0 atom stereocenters. The van der Waals surface area contributed by atoms with Gasteiger partial charge in [0.1, 0.15) is 0 Å². The molecule has 1 rings (SSSR count). The lowest BCUT2D eigenvalue weighted by molar-refractivity contribution is 0.101. The molecule has 1 aromatic carbocycles. The van der Waals surface area contributed by atoms with Crippen LogP contribution >= 0.6 is 0 Å². The van der Waals surface area contributed by atoms with E-state index < -0.39 is 6.04 Å². The number of aliphatic hydroxyl groups is 2. The van der Waals surface area contributed by atoms with Crippen LogP contribution in [-0.4, -0.2) is 35.3 Å². The number of nitrogens with one attached hydrogen (secondary N) is 1. The number of ketones is 1. The van der Waals surface area contributed by atoms with Crippen molar-refractivity contribution in [3.05, 3.63) is 29.8 Å². The summed E-state index contributed by atoms with van der Waals surface area (Å²) in [5, 5.41) is 20.7. The van der Waals surface area contributed by atoms with Crippen LogP contribution < -0.4 is 5.32 Å². The molecule has 0 heterocycles. The van der Waals surface area contributed by atoms with Crippen molar-refractivity contribution in [1.82, 2.24) is 0 Å². The minimum Gasteiger partial charge on any atom is -0.394 e. The van der Waals surface area contributed by atoms with E-state index in [0.717, 1.165) is 5.69 Å². The molecule has 82 valence electrons. The first kappa shape index (κ1) is 11.7. The second kappa shape index (κ2) is 5.48. The van der Waals surface area contributed by atoms with E-state index in [0.29, 0.717) is 5.56 Å². The largest absolute Gasteiger partial charge is 0.394 e. The maximum atomic E-state index is 11.1. The maximum Gasteiger partial charge on any atom is 0.159 e. The van der Waals surface area contributed by atoms with Gasteiger partial charge < -0.3 is 15.5 Å². The molecule has 1 aromatic rings. The number of hydrogen-bond acceptors (Lipinski definition) is 4. The fourth-order valence-corrected chi connectivity index (χ4v) is 1.21. The summed E-state index contributed by atoms with van der Waals surface area (Å²) in [4.78, 5) is 11.1. The van der Waals surface area contributed by atoms with Crippen LogP contribution in [0.4, 0.5) is 5.69 Å². The molecule has 4 nitrogen and oxygen atoms in total. The van der Waals surface area contributed by atoms with Crippen LogP contribution in [0, 0.1) is 0 Å². The third-order valence-electron chi connectivity index (χ3n) is 2.08. The van der Waals surface area contributed by atoms with Crippen LogP contribution in [0.1, 0.15) is 17.3 Å². The van der Waals surface area contributed by atoms with Crippen molar-refractivity contribution in [1.29, 1.82) is 0 Å². The van der Waals surface area contributed by atoms with Gasteiger partial charge in [0.05, 0.1) is 19.3 Å². The van der Waals surface area contributed by atoms with Crippen molar-refractivity contribution < 1.29 is 15.0 Å². The highest BCUT2D eigenvalue weighted by Crippen LogP contribution is 2.12. The molecule has 0 radical (unpaired) electrons. The van der Waals surface area contributed by atoms with Crippen molar-refractivity contribution in [3.63, 3.8) is 0 Å². The van der Waals surface area contributed by atoms with E-state index in [1.807, 2.05) is 0 Å². The van der Waals surface area contributed by atoms with Crippen LogP contribution in [-0.2, 0) is 0 Å². The van der Waals surface area contributed by atoms with Gasteiger partial charge in [-0.25, -0.2) is 0 Å². The Morgan fingerprint density at radius 3 is 2.60 bits per heavy atom. The van der Waals surface area contributed by atoms with Gasteiger partial charge in [0, 0.05) is 11.3 Å². The fourth-order valence-electron chi connectivity index (χ4n) is 1.21. The van der Waals surface area contributed by atoms with Crippen molar-refractivity contribution in [2.24, 2.45) is 0 Å². The minimum absolute atomic E-state index is 0.0109. The van der Waals surface area contributed by atoms with Crippen molar-refractivity contribution in [2.75, 3.05) is 18.5 Å². The van der Waals surface area contributed by atoms with E-state index in [4.69, 9.17) is 10.2 Å². The molecular weight excluding hydrogens is 194 g/mol. The van der Waals surface area contributed by atoms with E-state index in [9.17, 15) is 4.79 Å². The number of rotatable bonds is 5. The SMILES string of the molecule is CC(=O)c1cccc(NC(CO)CO)c1. The van der Waals surface area contributed by atoms with E-state index in [-0.39, 0.29) is 19.0 Å². The number of carbonyl (C=O) groups excluding carboxylic acids is 1. The Morgan fingerprint density at radius 2 is 2.07 bits per heavy atom. The molecule has 0 aliphatic rings. The molecule has 0 bridgehead atoms. The maximum absolute atomic E-state index is 11.1. The van der Waals surface area contributed by atoms with Gasteiger partial charge in [-0.2, -0.15) is 0 Å². The second-order valence-electron chi connectivity index (χ2n) is 3.34. The zero-order chi connectivity index (χ0) is 11.3. The van der Waals surface area contributed by atoms with Crippen LogP contribution in [0.5, 0.6) is 0 Å². The fraction of sp³-hybridized carbons (Fsp3) is 0.364. The summed E-state index contributed by atoms with van der Waals surface area (Å²) < 4.78 is 0. The molecule has 0 aliphatic carbocycles. The molecule has 0 aliphatic heterocycles. The first-order chi connectivity index (χ1) is 7.17. The van der Waals surface area contributed by atoms with E-state index in [1.54, 1.807) is 24.3 Å². The molecule has 0 saturated heterocycles. The molecule has 0 saturated carbocycles. The van der Waals surface area contributed by atoms with Gasteiger partial charge in [-0.15, -0.1) is 0 Å². The molecule has 0 unspecified atom stereocenters. The lowest BCUT2D eigenvalue weighted by Crippen LogP contribution is -2.27. The van der Waals surface area contributed by atoms with Crippen LogP contribution in [0.3, 0.4) is 0 Å². The third-order valence-corrected chi connectivity index (χ3v) is 2.08. The quantitative estimate of drug-likeness (QED) is 0.623. The summed E-state index contributed by atoms with van der Waals surface area (Å²) in [5.41, 5.74) is 1.32. The Labute approximate surface area is 88.6 Å². The zero-order valence-corrected chi connectivity index (χ0v) is 8.60. The number of hydrogen-bond donors (Lipinski definition) is 3. The van der Waals surface area contributed by atoms with Gasteiger partial charge in [0.2, 0.25) is 0 Å². The van der Waals surface area contributed by atoms with E-state index >= 15 is 0 Å².